The summed E-state index contributed by atoms with van der Waals surface area (Å²) in [6, 6.07) is -0.809. The first-order valence-electron chi connectivity index (χ1n) is 25.8. The Morgan fingerprint density at radius 2 is 1.00 bits per heavy atom. The summed E-state index contributed by atoms with van der Waals surface area (Å²) in [6.07, 6.45) is 54.5. The quantitative estimate of drug-likeness (QED) is 0.0273. The molecule has 0 aromatic carbocycles. The van der Waals surface area contributed by atoms with E-state index in [4.69, 9.17) is 9.05 Å². The zero-order chi connectivity index (χ0) is 45.0. The van der Waals surface area contributed by atoms with Gasteiger partial charge in [-0.3, -0.25) is 9.36 Å². The van der Waals surface area contributed by atoms with E-state index in [1.165, 1.54) is 135 Å². The van der Waals surface area contributed by atoms with Gasteiger partial charge in [0.15, 0.2) is 0 Å². The molecule has 1 amide bonds. The number of aliphatic hydroxyl groups is 1. The Morgan fingerprint density at radius 1 is 0.590 bits per heavy atom. The fraction of sp³-hybridized carbons (Fsp3) is 0.865. The summed E-state index contributed by atoms with van der Waals surface area (Å²) in [5.74, 6) is -0.180. The van der Waals surface area contributed by atoms with E-state index in [-0.39, 0.29) is 19.1 Å². The van der Waals surface area contributed by atoms with E-state index >= 15 is 0 Å². The number of quaternary nitrogens is 1. The number of hydrogen-bond donors (Lipinski definition) is 2. The van der Waals surface area contributed by atoms with Crippen molar-refractivity contribution in [3.8, 4) is 0 Å². The molecule has 0 aliphatic rings. The lowest BCUT2D eigenvalue weighted by Gasteiger charge is -2.30. The number of aliphatic hydroxyl groups excluding tert-OH is 1. The Balaban J connectivity index is 4.21. The molecule has 0 aromatic rings. The summed E-state index contributed by atoms with van der Waals surface area (Å²) in [4.78, 5) is 25.4. The topological polar surface area (TPSA) is 108 Å². The number of hydrogen-bond acceptors (Lipinski definition) is 6. The zero-order valence-electron chi connectivity index (χ0n) is 40.9. The van der Waals surface area contributed by atoms with Gasteiger partial charge in [0.05, 0.1) is 39.9 Å². The van der Waals surface area contributed by atoms with Crippen LogP contribution in [0.15, 0.2) is 36.5 Å². The molecule has 3 atom stereocenters. The predicted octanol–water partition coefficient (Wildman–Crippen LogP) is 14.4. The number of carbonyl (C=O) groups excluding carboxylic acids is 1. The predicted molar refractivity (Wildman–Crippen MR) is 261 cm³/mol. The van der Waals surface area contributed by atoms with Crippen LogP contribution in [0.1, 0.15) is 239 Å². The van der Waals surface area contributed by atoms with E-state index in [1.54, 1.807) is 0 Å². The van der Waals surface area contributed by atoms with Gasteiger partial charge >= 0.3 is 0 Å². The molecular weight excluding hydrogens is 780 g/mol. The molecule has 0 fully saturated rings. The molecule has 0 saturated heterocycles. The first-order valence-corrected chi connectivity index (χ1v) is 27.3. The number of rotatable bonds is 47. The average molecular weight is 881 g/mol. The van der Waals surface area contributed by atoms with Crippen LogP contribution in [-0.2, 0) is 18.4 Å². The maximum Gasteiger partial charge on any atom is 0.268 e. The van der Waals surface area contributed by atoms with Gasteiger partial charge in [-0.15, -0.1) is 0 Å². The van der Waals surface area contributed by atoms with Crippen LogP contribution in [-0.4, -0.2) is 68.5 Å². The lowest BCUT2D eigenvalue weighted by molar-refractivity contribution is -0.870. The van der Waals surface area contributed by atoms with E-state index in [1.807, 2.05) is 21.1 Å². The lowest BCUT2D eigenvalue weighted by Crippen LogP contribution is -2.46. The highest BCUT2D eigenvalue weighted by Gasteiger charge is 2.24. The van der Waals surface area contributed by atoms with Crippen molar-refractivity contribution >= 4 is 13.7 Å². The van der Waals surface area contributed by atoms with Gasteiger partial charge in [0.1, 0.15) is 13.2 Å². The Bertz CT molecular complexity index is 1090. The van der Waals surface area contributed by atoms with Gasteiger partial charge in [-0.25, -0.2) is 0 Å². The van der Waals surface area contributed by atoms with Crippen LogP contribution >= 0.6 is 7.82 Å². The van der Waals surface area contributed by atoms with E-state index < -0.39 is 20.0 Å². The summed E-state index contributed by atoms with van der Waals surface area (Å²) in [7, 11) is 1.29. The third-order valence-electron chi connectivity index (χ3n) is 11.6. The summed E-state index contributed by atoms with van der Waals surface area (Å²) in [5.41, 5.74) is 0. The van der Waals surface area contributed by atoms with Crippen molar-refractivity contribution in [2.45, 2.75) is 251 Å². The highest BCUT2D eigenvalue weighted by molar-refractivity contribution is 7.45. The first-order chi connectivity index (χ1) is 29.5. The Labute approximate surface area is 378 Å². The molecule has 0 heterocycles. The second kappa shape index (κ2) is 43.9. The molecule has 3 unspecified atom stereocenters. The SMILES string of the molecule is CC/C=C\C/C=C\C/C=C\CCCCCCCC(=O)NC(COP(=O)([O-])OCC[N+](C)(C)C)C(O)CCCCCCCCCCCCCCCCCCCCCCCCCC. The minimum atomic E-state index is -4.57. The van der Waals surface area contributed by atoms with Crippen LogP contribution < -0.4 is 10.2 Å². The largest absolute Gasteiger partial charge is 0.756 e. The summed E-state index contributed by atoms with van der Waals surface area (Å²) < 4.78 is 23.3. The van der Waals surface area contributed by atoms with Crippen molar-refractivity contribution in [3.05, 3.63) is 36.5 Å². The molecule has 61 heavy (non-hydrogen) atoms. The molecule has 0 aliphatic heterocycles. The number of amides is 1. The van der Waals surface area contributed by atoms with Crippen molar-refractivity contribution in [1.29, 1.82) is 0 Å². The maximum atomic E-state index is 12.9. The van der Waals surface area contributed by atoms with Gasteiger partial charge in [-0.2, -0.15) is 0 Å². The molecule has 0 rings (SSSR count). The number of phosphoric ester groups is 1. The van der Waals surface area contributed by atoms with E-state index in [0.717, 1.165) is 77.0 Å². The van der Waals surface area contributed by atoms with Crippen molar-refractivity contribution in [2.24, 2.45) is 0 Å². The zero-order valence-corrected chi connectivity index (χ0v) is 41.8. The van der Waals surface area contributed by atoms with Crippen molar-refractivity contribution in [3.63, 3.8) is 0 Å². The van der Waals surface area contributed by atoms with Crippen LogP contribution in [0.4, 0.5) is 0 Å². The minimum Gasteiger partial charge on any atom is -0.756 e. The molecule has 2 N–H and O–H groups in total. The highest BCUT2D eigenvalue weighted by Crippen LogP contribution is 2.38. The van der Waals surface area contributed by atoms with Gasteiger partial charge in [0, 0.05) is 6.42 Å². The van der Waals surface area contributed by atoms with Crippen LogP contribution in [0.3, 0.4) is 0 Å². The van der Waals surface area contributed by atoms with Crippen molar-refractivity contribution in [2.75, 3.05) is 40.9 Å². The number of likely N-dealkylation sites (N-methyl/N-ethyl adjacent to an activating group) is 1. The first kappa shape index (κ1) is 59.7. The normalized spacial score (nSPS) is 14.4. The highest BCUT2D eigenvalue weighted by atomic mass is 31.2. The van der Waals surface area contributed by atoms with Gasteiger partial charge in [-0.1, -0.05) is 224 Å². The van der Waals surface area contributed by atoms with Gasteiger partial charge in [-0.05, 0) is 44.9 Å². The minimum absolute atomic E-state index is 0.00816. The summed E-state index contributed by atoms with van der Waals surface area (Å²) in [6.45, 7) is 4.61. The average Bonchev–Trinajstić information content (AvgIpc) is 3.21. The van der Waals surface area contributed by atoms with Crippen molar-refractivity contribution in [1.82, 2.24) is 5.32 Å². The molecule has 0 aliphatic carbocycles. The van der Waals surface area contributed by atoms with Gasteiger partial charge in [0.2, 0.25) is 5.91 Å². The third-order valence-corrected chi connectivity index (χ3v) is 12.6. The van der Waals surface area contributed by atoms with E-state index in [2.05, 4.69) is 55.6 Å². The van der Waals surface area contributed by atoms with Gasteiger partial charge < -0.3 is 28.8 Å². The maximum absolute atomic E-state index is 12.9. The number of allylic oxidation sites excluding steroid dienone is 6. The number of nitrogens with zero attached hydrogens (tertiary/aromatic N) is 1. The standard InChI is InChI=1S/C52H101N2O6P/c1-6-8-10-12-14-16-18-20-22-23-24-25-26-27-28-29-30-32-33-35-37-39-41-43-45-51(55)50(49-60-61(57,58)59-48-47-54(3,4)5)53-52(56)46-44-42-40-38-36-34-31-21-19-17-15-13-11-9-7-2/h9,11,15,17,21,31,50-51,55H,6-8,10,12-14,16,18-20,22-30,32-49H2,1-5H3,(H-,53,56,57,58)/b11-9-,17-15-,31-21-. The van der Waals surface area contributed by atoms with Crippen molar-refractivity contribution < 1.29 is 32.9 Å². The molecular formula is C52H101N2O6P. The number of unbranched alkanes of at least 4 members (excludes halogenated alkanes) is 28. The Kier molecular flexibility index (Phi) is 43.0. The lowest BCUT2D eigenvalue weighted by atomic mass is 10.0. The summed E-state index contributed by atoms with van der Waals surface area (Å²) >= 11 is 0. The fourth-order valence-electron chi connectivity index (χ4n) is 7.58. The van der Waals surface area contributed by atoms with Crippen LogP contribution in [0.25, 0.3) is 0 Å². The number of phosphoric acid groups is 1. The number of carbonyl (C=O) groups is 1. The van der Waals surface area contributed by atoms with Crippen LogP contribution in [0, 0.1) is 0 Å². The smallest absolute Gasteiger partial charge is 0.268 e. The van der Waals surface area contributed by atoms with Crippen LogP contribution in [0.5, 0.6) is 0 Å². The third kappa shape index (κ3) is 46.5. The van der Waals surface area contributed by atoms with Gasteiger partial charge in [0.25, 0.3) is 7.82 Å². The van der Waals surface area contributed by atoms with E-state index in [0.29, 0.717) is 23.9 Å². The molecule has 0 aromatic heterocycles. The fourth-order valence-corrected chi connectivity index (χ4v) is 8.31. The molecule has 9 heteroatoms. The molecule has 8 nitrogen and oxygen atoms in total. The monoisotopic (exact) mass is 881 g/mol. The van der Waals surface area contributed by atoms with E-state index in [9.17, 15) is 19.4 Å². The molecule has 0 spiro atoms. The second-order valence-corrected chi connectivity index (χ2v) is 20.3. The molecule has 0 saturated carbocycles. The molecule has 360 valence electrons. The second-order valence-electron chi connectivity index (χ2n) is 18.9. The molecule has 0 bridgehead atoms. The number of nitrogens with one attached hydrogen (secondary N) is 1. The van der Waals surface area contributed by atoms with Crippen LogP contribution in [0.2, 0.25) is 0 Å². The summed E-state index contributed by atoms with van der Waals surface area (Å²) in [5, 5.41) is 14.0. The Morgan fingerprint density at radius 3 is 1.46 bits per heavy atom. The molecule has 0 radical (unpaired) electrons. The Hall–Kier alpha value is -1.28.